The van der Waals surface area contributed by atoms with E-state index in [0.717, 1.165) is 30.3 Å². The van der Waals surface area contributed by atoms with Crippen molar-refractivity contribution in [3.8, 4) is 11.5 Å². The molecule has 7 nitrogen and oxygen atoms in total. The van der Waals surface area contributed by atoms with Crippen molar-refractivity contribution >= 4 is 29.8 Å². The molecule has 1 saturated carbocycles. The molecule has 7 heteroatoms. The Hall–Kier alpha value is -3.61. The van der Waals surface area contributed by atoms with Gasteiger partial charge in [-0.1, -0.05) is 24.3 Å². The van der Waals surface area contributed by atoms with Gasteiger partial charge in [-0.15, -0.1) is 0 Å². The van der Waals surface area contributed by atoms with E-state index in [9.17, 15) is 14.9 Å². The molecule has 1 aliphatic rings. The van der Waals surface area contributed by atoms with E-state index in [2.05, 4.69) is 5.32 Å². The average molecular weight is 394 g/mol. The molecule has 2 aromatic rings. The summed E-state index contributed by atoms with van der Waals surface area (Å²) in [6.07, 6.45) is 7.91. The molecule has 0 aliphatic heterocycles. The van der Waals surface area contributed by atoms with Crippen LogP contribution >= 0.6 is 0 Å². The maximum absolute atomic E-state index is 11.8. The van der Waals surface area contributed by atoms with Crippen molar-refractivity contribution in [2.75, 3.05) is 19.5 Å². The van der Waals surface area contributed by atoms with Gasteiger partial charge >= 0.3 is 0 Å². The van der Waals surface area contributed by atoms with Gasteiger partial charge < -0.3 is 14.8 Å². The van der Waals surface area contributed by atoms with E-state index in [1.54, 1.807) is 19.2 Å². The number of anilines is 1. The monoisotopic (exact) mass is 394 g/mol. The van der Waals surface area contributed by atoms with Gasteiger partial charge in [-0.2, -0.15) is 0 Å². The van der Waals surface area contributed by atoms with Gasteiger partial charge in [0.05, 0.1) is 19.1 Å². The number of benzene rings is 2. The summed E-state index contributed by atoms with van der Waals surface area (Å²) in [5.41, 5.74) is 2.97. The number of ether oxygens (including phenoxy) is 2. The fourth-order valence-corrected chi connectivity index (χ4v) is 2.81. The Morgan fingerprint density at radius 1 is 1.10 bits per heavy atom. The molecule has 1 amide bonds. The van der Waals surface area contributed by atoms with Gasteiger partial charge in [0, 0.05) is 29.3 Å². The summed E-state index contributed by atoms with van der Waals surface area (Å²) in [5.74, 6) is 1.28. The minimum absolute atomic E-state index is 0.0685. The van der Waals surface area contributed by atoms with Crippen LogP contribution in [0.5, 0.6) is 11.5 Å². The first-order valence-electron chi connectivity index (χ1n) is 9.17. The number of nitro groups is 1. The van der Waals surface area contributed by atoms with Crippen LogP contribution in [0.1, 0.15) is 29.5 Å². The lowest BCUT2D eigenvalue weighted by atomic mass is 10.0. The van der Waals surface area contributed by atoms with Gasteiger partial charge in [-0.25, -0.2) is 0 Å². The summed E-state index contributed by atoms with van der Waals surface area (Å²) in [6, 6.07) is 10.9. The number of hydrogen-bond acceptors (Lipinski definition) is 5. The number of carbonyl (C=O) groups is 1. The molecule has 0 unspecified atom stereocenters. The van der Waals surface area contributed by atoms with Crippen molar-refractivity contribution in [1.82, 2.24) is 0 Å². The summed E-state index contributed by atoms with van der Waals surface area (Å²) in [7, 11) is 3.05. The van der Waals surface area contributed by atoms with Crippen LogP contribution in [0.15, 0.2) is 42.6 Å². The molecule has 0 saturated heterocycles. The van der Waals surface area contributed by atoms with Gasteiger partial charge in [0.1, 0.15) is 11.5 Å². The Morgan fingerprint density at radius 2 is 1.83 bits per heavy atom. The Morgan fingerprint density at radius 3 is 2.41 bits per heavy atom. The van der Waals surface area contributed by atoms with E-state index in [1.807, 2.05) is 36.4 Å². The zero-order chi connectivity index (χ0) is 20.8. The second-order valence-electron chi connectivity index (χ2n) is 6.65. The first-order chi connectivity index (χ1) is 14.0. The number of carbonyl (C=O) groups excluding carboxylic acids is 1. The van der Waals surface area contributed by atoms with Crippen LogP contribution in [0.2, 0.25) is 0 Å². The van der Waals surface area contributed by atoms with E-state index in [1.165, 1.54) is 13.2 Å². The topological polar surface area (TPSA) is 90.7 Å². The molecule has 0 aromatic heterocycles. The highest BCUT2D eigenvalue weighted by Gasteiger charge is 2.29. The number of rotatable bonds is 8. The first-order valence-corrected chi connectivity index (χ1v) is 9.17. The fraction of sp³-hybridized carbons (Fsp3) is 0.227. The van der Waals surface area contributed by atoms with Crippen LogP contribution in [0.25, 0.3) is 18.2 Å². The van der Waals surface area contributed by atoms with Crippen molar-refractivity contribution in [2.24, 2.45) is 5.92 Å². The molecule has 29 heavy (non-hydrogen) atoms. The lowest BCUT2D eigenvalue weighted by Gasteiger charge is -2.11. The Bertz CT molecular complexity index is 960. The highest BCUT2D eigenvalue weighted by Crippen LogP contribution is 2.32. The normalized spacial score (nSPS) is 13.6. The summed E-state index contributed by atoms with van der Waals surface area (Å²) in [5, 5.41) is 13.6. The molecule has 0 spiro atoms. The highest BCUT2D eigenvalue weighted by atomic mass is 16.6. The van der Waals surface area contributed by atoms with E-state index in [4.69, 9.17) is 9.47 Å². The molecule has 0 radical (unpaired) electrons. The van der Waals surface area contributed by atoms with Crippen molar-refractivity contribution in [3.63, 3.8) is 0 Å². The highest BCUT2D eigenvalue weighted by molar-refractivity contribution is 5.94. The van der Waals surface area contributed by atoms with Gasteiger partial charge in [0.25, 0.3) is 0 Å². The molecule has 1 aliphatic carbocycles. The third-order valence-electron chi connectivity index (χ3n) is 4.55. The minimum Gasteiger partial charge on any atom is -0.497 e. The van der Waals surface area contributed by atoms with Crippen LogP contribution in [0.4, 0.5) is 5.69 Å². The standard InChI is InChI=1S/C22H22N2O5/c1-28-19-13-17(20(11-12-24(26)27)21(14-19)29-2)6-3-15-4-9-18(10-5-15)23-22(25)16-7-8-16/h3-6,9-14,16H,7-8H2,1-2H3,(H,23,25)/b6-3+,12-11+. The van der Waals surface area contributed by atoms with Gasteiger partial charge in [-0.3, -0.25) is 14.9 Å². The molecule has 0 bridgehead atoms. The van der Waals surface area contributed by atoms with Crippen LogP contribution in [0.3, 0.4) is 0 Å². The quantitative estimate of drug-likeness (QED) is 0.405. The zero-order valence-corrected chi connectivity index (χ0v) is 16.3. The number of nitrogens with zero attached hydrogens (tertiary/aromatic N) is 1. The summed E-state index contributed by atoms with van der Waals surface area (Å²) >= 11 is 0. The van der Waals surface area contributed by atoms with Gasteiger partial charge in [0.15, 0.2) is 0 Å². The van der Waals surface area contributed by atoms with E-state index in [-0.39, 0.29) is 11.8 Å². The van der Waals surface area contributed by atoms with Crippen molar-refractivity contribution in [3.05, 3.63) is 69.4 Å². The van der Waals surface area contributed by atoms with Crippen LogP contribution < -0.4 is 14.8 Å². The van der Waals surface area contributed by atoms with Crippen molar-refractivity contribution < 1.29 is 19.2 Å². The third kappa shape index (κ3) is 5.44. The second-order valence-corrected chi connectivity index (χ2v) is 6.65. The Labute approximate surface area is 168 Å². The largest absolute Gasteiger partial charge is 0.497 e. The smallest absolute Gasteiger partial charge is 0.235 e. The maximum Gasteiger partial charge on any atom is 0.235 e. The van der Waals surface area contributed by atoms with Crippen LogP contribution in [-0.4, -0.2) is 25.1 Å². The first kappa shape index (κ1) is 20.1. The molecule has 0 atom stereocenters. The SMILES string of the molecule is COc1cc(/C=C/c2ccc(NC(=O)C3CC3)cc2)c(/C=C/[N+](=O)[O-])c(OC)c1. The Kier molecular flexibility index (Phi) is 6.29. The summed E-state index contributed by atoms with van der Waals surface area (Å²) in [6.45, 7) is 0. The van der Waals surface area contributed by atoms with Crippen LogP contribution in [-0.2, 0) is 4.79 Å². The van der Waals surface area contributed by atoms with E-state index < -0.39 is 4.92 Å². The zero-order valence-electron chi connectivity index (χ0n) is 16.3. The van der Waals surface area contributed by atoms with Crippen molar-refractivity contribution in [1.29, 1.82) is 0 Å². The van der Waals surface area contributed by atoms with Gasteiger partial charge in [0.2, 0.25) is 12.1 Å². The predicted molar refractivity (Wildman–Crippen MR) is 112 cm³/mol. The summed E-state index contributed by atoms with van der Waals surface area (Å²) in [4.78, 5) is 22.1. The predicted octanol–water partition coefficient (Wildman–Crippen LogP) is 4.47. The van der Waals surface area contributed by atoms with E-state index >= 15 is 0 Å². The molecular weight excluding hydrogens is 372 g/mol. The van der Waals surface area contributed by atoms with Crippen LogP contribution in [0, 0.1) is 16.0 Å². The third-order valence-corrected chi connectivity index (χ3v) is 4.55. The fourth-order valence-electron chi connectivity index (χ4n) is 2.81. The lowest BCUT2D eigenvalue weighted by Crippen LogP contribution is -2.12. The number of hydrogen-bond donors (Lipinski definition) is 1. The number of amides is 1. The Balaban J connectivity index is 1.84. The number of methoxy groups -OCH3 is 2. The van der Waals surface area contributed by atoms with Crippen molar-refractivity contribution in [2.45, 2.75) is 12.8 Å². The number of nitrogens with one attached hydrogen (secondary N) is 1. The second kappa shape index (κ2) is 9.05. The van der Waals surface area contributed by atoms with Gasteiger partial charge in [-0.05, 0) is 42.2 Å². The molecule has 1 N–H and O–H groups in total. The summed E-state index contributed by atoms with van der Waals surface area (Å²) < 4.78 is 10.7. The average Bonchev–Trinajstić information content (AvgIpc) is 3.56. The molecular formula is C22H22N2O5. The maximum atomic E-state index is 11.8. The molecule has 1 fully saturated rings. The molecule has 2 aromatic carbocycles. The molecule has 0 heterocycles. The molecule has 150 valence electrons. The molecule has 3 rings (SSSR count). The lowest BCUT2D eigenvalue weighted by molar-refractivity contribution is -0.400. The van der Waals surface area contributed by atoms with E-state index in [0.29, 0.717) is 22.6 Å². The minimum atomic E-state index is -0.522.